The second-order valence-corrected chi connectivity index (χ2v) is 5.08. The smallest absolute Gasteiger partial charge is 0.227 e. The normalized spacial score (nSPS) is 10.3. The van der Waals surface area contributed by atoms with Crippen LogP contribution in [0.5, 0.6) is 0 Å². The summed E-state index contributed by atoms with van der Waals surface area (Å²) in [7, 11) is 1.70. The number of rotatable bonds is 4. The second kappa shape index (κ2) is 6.53. The first-order valence-corrected chi connectivity index (χ1v) is 6.66. The molecule has 0 saturated heterocycles. The van der Waals surface area contributed by atoms with Gasteiger partial charge in [0.05, 0.1) is 6.42 Å². The molecule has 0 aromatic heterocycles. The Labute approximate surface area is 122 Å². The first-order valence-electron chi connectivity index (χ1n) is 6.28. The Kier molecular flexibility index (Phi) is 4.74. The summed E-state index contributed by atoms with van der Waals surface area (Å²) in [4.78, 5) is 13.6. The number of hydrogen-bond acceptors (Lipinski definition) is 1. The summed E-state index contributed by atoms with van der Waals surface area (Å²) in [6, 6.07) is 13.7. The number of carbonyl (C=O) groups is 1. The molecule has 0 spiro atoms. The molecule has 1 amide bonds. The van der Waals surface area contributed by atoms with E-state index in [2.05, 4.69) is 0 Å². The van der Waals surface area contributed by atoms with Gasteiger partial charge in [0.25, 0.3) is 0 Å². The van der Waals surface area contributed by atoms with E-state index in [0.29, 0.717) is 17.1 Å². The predicted octanol–water partition coefficient (Wildman–Crippen LogP) is 3.68. The van der Waals surface area contributed by atoms with E-state index in [0.717, 1.165) is 5.56 Å². The lowest BCUT2D eigenvalue weighted by atomic mass is 10.1. The number of benzene rings is 2. The van der Waals surface area contributed by atoms with Crippen LogP contribution in [0, 0.1) is 5.82 Å². The predicted molar refractivity (Wildman–Crippen MR) is 78.0 cm³/mol. The highest BCUT2D eigenvalue weighted by molar-refractivity contribution is 6.30. The van der Waals surface area contributed by atoms with E-state index in [1.165, 1.54) is 6.07 Å². The SMILES string of the molecule is CN(Cc1cccc(Cl)c1)C(=O)Cc1ccccc1F. The molecule has 0 saturated carbocycles. The Balaban J connectivity index is 2.01. The summed E-state index contributed by atoms with van der Waals surface area (Å²) in [6.07, 6.45) is 0.0593. The van der Waals surface area contributed by atoms with Gasteiger partial charge in [0.15, 0.2) is 0 Å². The van der Waals surface area contributed by atoms with Crippen molar-refractivity contribution in [3.63, 3.8) is 0 Å². The molecule has 20 heavy (non-hydrogen) atoms. The fraction of sp³-hybridized carbons (Fsp3) is 0.188. The van der Waals surface area contributed by atoms with Crippen molar-refractivity contribution in [2.24, 2.45) is 0 Å². The Morgan fingerprint density at radius 1 is 1.20 bits per heavy atom. The lowest BCUT2D eigenvalue weighted by molar-refractivity contribution is -0.129. The molecule has 0 aliphatic rings. The standard InChI is InChI=1S/C16H15ClFNO/c1-19(11-12-5-4-7-14(17)9-12)16(20)10-13-6-2-3-8-15(13)18/h2-9H,10-11H2,1H3. The van der Waals surface area contributed by atoms with Crippen LogP contribution < -0.4 is 0 Å². The fourth-order valence-electron chi connectivity index (χ4n) is 1.94. The maximum atomic E-state index is 13.5. The van der Waals surface area contributed by atoms with Gasteiger partial charge >= 0.3 is 0 Å². The Hall–Kier alpha value is -1.87. The molecule has 0 atom stereocenters. The average Bonchev–Trinajstić information content (AvgIpc) is 2.41. The second-order valence-electron chi connectivity index (χ2n) is 4.65. The van der Waals surface area contributed by atoms with Crippen LogP contribution in [0.2, 0.25) is 5.02 Å². The molecular formula is C16H15ClFNO. The van der Waals surface area contributed by atoms with Crippen molar-refractivity contribution >= 4 is 17.5 Å². The molecule has 4 heteroatoms. The van der Waals surface area contributed by atoms with Gasteiger partial charge in [-0.05, 0) is 29.3 Å². The molecule has 0 aliphatic heterocycles. The van der Waals surface area contributed by atoms with Gasteiger partial charge in [0, 0.05) is 18.6 Å². The molecule has 0 radical (unpaired) electrons. The maximum absolute atomic E-state index is 13.5. The highest BCUT2D eigenvalue weighted by Gasteiger charge is 2.12. The Morgan fingerprint density at radius 2 is 1.95 bits per heavy atom. The van der Waals surface area contributed by atoms with Crippen LogP contribution >= 0.6 is 11.6 Å². The van der Waals surface area contributed by atoms with Gasteiger partial charge in [-0.2, -0.15) is 0 Å². The van der Waals surface area contributed by atoms with E-state index in [1.807, 2.05) is 18.2 Å². The van der Waals surface area contributed by atoms with Crippen LogP contribution in [0.25, 0.3) is 0 Å². The van der Waals surface area contributed by atoms with Gasteiger partial charge in [-0.1, -0.05) is 41.9 Å². The van der Waals surface area contributed by atoms with Crippen LogP contribution in [0.15, 0.2) is 48.5 Å². The molecule has 0 bridgehead atoms. The third-order valence-corrected chi connectivity index (χ3v) is 3.27. The minimum atomic E-state index is -0.350. The van der Waals surface area contributed by atoms with Crippen molar-refractivity contribution < 1.29 is 9.18 Å². The highest BCUT2D eigenvalue weighted by Crippen LogP contribution is 2.13. The zero-order valence-electron chi connectivity index (χ0n) is 11.1. The molecular weight excluding hydrogens is 277 g/mol. The first-order chi connectivity index (χ1) is 9.56. The lowest BCUT2D eigenvalue weighted by Crippen LogP contribution is -2.28. The van der Waals surface area contributed by atoms with Crippen LogP contribution in [0.3, 0.4) is 0 Å². The zero-order chi connectivity index (χ0) is 14.5. The quantitative estimate of drug-likeness (QED) is 0.841. The molecule has 2 rings (SSSR count). The largest absolute Gasteiger partial charge is 0.341 e. The molecule has 2 aromatic rings. The summed E-state index contributed by atoms with van der Waals surface area (Å²) in [5, 5.41) is 0.637. The minimum absolute atomic E-state index is 0.0593. The van der Waals surface area contributed by atoms with Gasteiger partial charge in [-0.15, -0.1) is 0 Å². The van der Waals surface area contributed by atoms with Crippen LogP contribution in [0.1, 0.15) is 11.1 Å². The van der Waals surface area contributed by atoms with Crippen molar-refractivity contribution in [1.82, 2.24) is 4.90 Å². The minimum Gasteiger partial charge on any atom is -0.341 e. The van der Waals surface area contributed by atoms with E-state index >= 15 is 0 Å². The molecule has 0 N–H and O–H groups in total. The van der Waals surface area contributed by atoms with E-state index in [9.17, 15) is 9.18 Å². The van der Waals surface area contributed by atoms with E-state index in [-0.39, 0.29) is 18.1 Å². The molecule has 0 unspecified atom stereocenters. The number of hydrogen-bond donors (Lipinski definition) is 0. The van der Waals surface area contributed by atoms with Gasteiger partial charge in [-0.3, -0.25) is 4.79 Å². The summed E-state index contributed by atoms with van der Waals surface area (Å²) >= 11 is 5.91. The Morgan fingerprint density at radius 3 is 2.65 bits per heavy atom. The molecule has 0 aliphatic carbocycles. The van der Waals surface area contributed by atoms with Crippen molar-refractivity contribution in [3.8, 4) is 0 Å². The molecule has 104 valence electrons. The number of carbonyl (C=O) groups excluding carboxylic acids is 1. The van der Waals surface area contributed by atoms with E-state index in [4.69, 9.17) is 11.6 Å². The first kappa shape index (κ1) is 14.5. The summed E-state index contributed by atoms with van der Waals surface area (Å²) in [5.41, 5.74) is 1.36. The third kappa shape index (κ3) is 3.81. The summed E-state index contributed by atoms with van der Waals surface area (Å²) in [6.45, 7) is 0.452. The zero-order valence-corrected chi connectivity index (χ0v) is 11.9. The third-order valence-electron chi connectivity index (χ3n) is 3.03. The lowest BCUT2D eigenvalue weighted by Gasteiger charge is -2.17. The number of amides is 1. The van der Waals surface area contributed by atoms with Crippen molar-refractivity contribution in [2.75, 3.05) is 7.05 Å². The van der Waals surface area contributed by atoms with Gasteiger partial charge < -0.3 is 4.90 Å². The van der Waals surface area contributed by atoms with Gasteiger partial charge in [0.2, 0.25) is 5.91 Å². The number of nitrogens with zero attached hydrogens (tertiary/aromatic N) is 1. The highest BCUT2D eigenvalue weighted by atomic mass is 35.5. The van der Waals surface area contributed by atoms with Crippen LogP contribution in [-0.2, 0) is 17.8 Å². The fourth-order valence-corrected chi connectivity index (χ4v) is 2.15. The summed E-state index contributed by atoms with van der Waals surface area (Å²) in [5.74, 6) is -0.480. The summed E-state index contributed by atoms with van der Waals surface area (Å²) < 4.78 is 13.5. The molecule has 2 nitrogen and oxygen atoms in total. The van der Waals surface area contributed by atoms with Gasteiger partial charge in [0.1, 0.15) is 5.82 Å². The van der Waals surface area contributed by atoms with E-state index in [1.54, 1.807) is 36.2 Å². The molecule has 2 aromatic carbocycles. The maximum Gasteiger partial charge on any atom is 0.227 e. The van der Waals surface area contributed by atoms with Crippen molar-refractivity contribution in [1.29, 1.82) is 0 Å². The topological polar surface area (TPSA) is 20.3 Å². The average molecular weight is 292 g/mol. The molecule has 0 fully saturated rings. The van der Waals surface area contributed by atoms with Crippen LogP contribution in [-0.4, -0.2) is 17.9 Å². The van der Waals surface area contributed by atoms with Crippen molar-refractivity contribution in [2.45, 2.75) is 13.0 Å². The monoisotopic (exact) mass is 291 g/mol. The van der Waals surface area contributed by atoms with Gasteiger partial charge in [-0.25, -0.2) is 4.39 Å². The van der Waals surface area contributed by atoms with Crippen LogP contribution in [0.4, 0.5) is 4.39 Å². The van der Waals surface area contributed by atoms with E-state index < -0.39 is 0 Å². The number of likely N-dealkylation sites (N-methyl/N-ethyl adjacent to an activating group) is 1. The van der Waals surface area contributed by atoms with Crippen molar-refractivity contribution in [3.05, 3.63) is 70.5 Å². The Bertz CT molecular complexity index is 615. The number of halogens is 2. The molecule has 0 heterocycles.